The Kier molecular flexibility index (Phi) is 4.43. The minimum Gasteiger partial charge on any atom is -0.321 e. The normalized spacial score (nSPS) is 11.6. The number of amides is 1. The van der Waals surface area contributed by atoms with Crippen LogP contribution in [0.5, 0.6) is 0 Å². The van der Waals surface area contributed by atoms with Crippen LogP contribution in [0.4, 0.5) is 24.5 Å². The zero-order valence-electron chi connectivity index (χ0n) is 13.4. The summed E-state index contributed by atoms with van der Waals surface area (Å²) < 4.78 is 38.4. The van der Waals surface area contributed by atoms with Gasteiger partial charge in [0.25, 0.3) is 17.2 Å². The van der Waals surface area contributed by atoms with Crippen molar-refractivity contribution >= 4 is 38.8 Å². The highest BCUT2D eigenvalue weighted by molar-refractivity contribution is 7.20. The molecule has 0 atom stereocenters. The number of nitrogens with one attached hydrogen (secondary N) is 2. The van der Waals surface area contributed by atoms with E-state index in [1.807, 2.05) is 0 Å². The summed E-state index contributed by atoms with van der Waals surface area (Å²) in [4.78, 5) is 39.3. The molecular formula is C15H9F3N4O4S. The number of carbonyl (C=O) groups is 1. The number of halogens is 3. The number of anilines is 1. The number of aryl methyl sites for hydroxylation is 1. The molecule has 140 valence electrons. The number of non-ortho nitro benzene ring substituents is 1. The molecule has 2 heterocycles. The Bertz CT molecular complexity index is 1120. The van der Waals surface area contributed by atoms with Gasteiger partial charge in [-0.05, 0) is 24.6 Å². The fourth-order valence-electron chi connectivity index (χ4n) is 2.35. The summed E-state index contributed by atoms with van der Waals surface area (Å²) in [6.07, 6.45) is -4.83. The van der Waals surface area contributed by atoms with Gasteiger partial charge in [0.2, 0.25) is 5.82 Å². The second-order valence-electron chi connectivity index (χ2n) is 5.41. The van der Waals surface area contributed by atoms with Gasteiger partial charge in [0.1, 0.15) is 4.83 Å². The molecule has 3 rings (SSSR count). The van der Waals surface area contributed by atoms with E-state index in [9.17, 15) is 32.9 Å². The molecule has 0 aliphatic carbocycles. The summed E-state index contributed by atoms with van der Waals surface area (Å²) in [5.41, 5.74) is -0.714. The van der Waals surface area contributed by atoms with E-state index in [4.69, 9.17) is 0 Å². The number of nitrogens with zero attached hydrogens (tertiary/aromatic N) is 2. The molecule has 0 unspecified atom stereocenters. The van der Waals surface area contributed by atoms with Crippen LogP contribution in [0.2, 0.25) is 0 Å². The third-order valence-corrected chi connectivity index (χ3v) is 4.80. The van der Waals surface area contributed by atoms with Crippen molar-refractivity contribution in [1.29, 1.82) is 0 Å². The predicted octanol–water partition coefficient (Wildman–Crippen LogP) is 3.47. The van der Waals surface area contributed by atoms with Crippen molar-refractivity contribution in [3.63, 3.8) is 0 Å². The molecule has 12 heteroatoms. The number of rotatable bonds is 3. The lowest BCUT2D eigenvalue weighted by Gasteiger charge is -2.04. The van der Waals surface area contributed by atoms with Crippen LogP contribution in [0.25, 0.3) is 10.2 Å². The number of fused-ring (bicyclic) bond motifs is 1. The van der Waals surface area contributed by atoms with Gasteiger partial charge in [0.05, 0.1) is 15.2 Å². The Morgan fingerprint density at radius 3 is 2.48 bits per heavy atom. The summed E-state index contributed by atoms with van der Waals surface area (Å²) in [5.74, 6) is -2.11. The quantitative estimate of drug-likeness (QED) is 0.517. The van der Waals surface area contributed by atoms with E-state index in [1.54, 1.807) is 4.98 Å². The fraction of sp³-hybridized carbons (Fsp3) is 0.133. The summed E-state index contributed by atoms with van der Waals surface area (Å²) in [6, 6.07) is 5.00. The first-order valence-electron chi connectivity index (χ1n) is 7.24. The Morgan fingerprint density at radius 1 is 1.30 bits per heavy atom. The SMILES string of the molecule is Cc1c(C(=O)Nc2ccc([N+](=O)[O-])cc2)sc2nc(C(F)(F)F)[nH]c(=O)c12. The van der Waals surface area contributed by atoms with Gasteiger partial charge >= 0.3 is 6.18 Å². The fourth-order valence-corrected chi connectivity index (χ4v) is 3.43. The number of nitro benzene ring substituents is 1. The molecule has 0 bridgehead atoms. The number of thiophene rings is 1. The topological polar surface area (TPSA) is 118 Å². The number of carbonyl (C=O) groups excluding carboxylic acids is 1. The van der Waals surface area contributed by atoms with Gasteiger partial charge in [0, 0.05) is 17.8 Å². The van der Waals surface area contributed by atoms with Crippen molar-refractivity contribution in [3.05, 3.63) is 61.0 Å². The van der Waals surface area contributed by atoms with Crippen LogP contribution in [0.3, 0.4) is 0 Å². The molecule has 8 nitrogen and oxygen atoms in total. The third-order valence-electron chi connectivity index (χ3n) is 3.61. The molecule has 27 heavy (non-hydrogen) atoms. The lowest BCUT2D eigenvalue weighted by atomic mass is 10.2. The van der Waals surface area contributed by atoms with E-state index in [1.165, 1.54) is 31.2 Å². The minimum atomic E-state index is -4.83. The van der Waals surface area contributed by atoms with Crippen molar-refractivity contribution in [1.82, 2.24) is 9.97 Å². The number of H-pyrrole nitrogens is 1. The third kappa shape index (κ3) is 3.51. The Hall–Kier alpha value is -3.28. The average Bonchev–Trinajstić information content (AvgIpc) is 2.92. The van der Waals surface area contributed by atoms with Gasteiger partial charge < -0.3 is 10.3 Å². The second kappa shape index (κ2) is 6.46. The summed E-state index contributed by atoms with van der Waals surface area (Å²) in [6.45, 7) is 1.42. The van der Waals surface area contributed by atoms with Crippen molar-refractivity contribution in [3.8, 4) is 0 Å². The Balaban J connectivity index is 1.97. The van der Waals surface area contributed by atoms with E-state index >= 15 is 0 Å². The number of aromatic amines is 1. The van der Waals surface area contributed by atoms with E-state index in [0.717, 1.165) is 0 Å². The number of alkyl halides is 3. The Morgan fingerprint density at radius 2 is 1.93 bits per heavy atom. The molecule has 2 N–H and O–H groups in total. The largest absolute Gasteiger partial charge is 0.449 e. The van der Waals surface area contributed by atoms with Gasteiger partial charge in [-0.15, -0.1) is 11.3 Å². The van der Waals surface area contributed by atoms with Crippen molar-refractivity contribution in [2.75, 3.05) is 5.32 Å². The molecule has 0 fully saturated rings. The van der Waals surface area contributed by atoms with E-state index in [0.29, 0.717) is 11.3 Å². The number of hydrogen-bond acceptors (Lipinski definition) is 6. The standard InChI is InChI=1S/C15H9F3N4O4S/c1-6-9-11(23)20-14(15(16,17)18)21-13(9)27-10(6)12(24)19-7-2-4-8(5-3-7)22(25)26/h2-5H,1H3,(H,19,24)(H,20,21,23). The van der Waals surface area contributed by atoms with Gasteiger partial charge in [-0.2, -0.15) is 13.2 Å². The first-order chi connectivity index (χ1) is 12.6. The van der Waals surface area contributed by atoms with Gasteiger partial charge in [-0.25, -0.2) is 4.98 Å². The van der Waals surface area contributed by atoms with Crippen LogP contribution >= 0.6 is 11.3 Å². The first-order valence-corrected chi connectivity index (χ1v) is 8.06. The van der Waals surface area contributed by atoms with Crippen LogP contribution in [-0.4, -0.2) is 20.8 Å². The highest BCUT2D eigenvalue weighted by atomic mass is 32.1. The molecule has 0 spiro atoms. The second-order valence-corrected chi connectivity index (χ2v) is 6.41. The lowest BCUT2D eigenvalue weighted by molar-refractivity contribution is -0.384. The minimum absolute atomic E-state index is 0.0145. The molecule has 0 saturated heterocycles. The van der Waals surface area contributed by atoms with Crippen molar-refractivity contribution < 1.29 is 22.9 Å². The molecular weight excluding hydrogens is 389 g/mol. The van der Waals surface area contributed by atoms with Crippen LogP contribution in [0.15, 0.2) is 29.1 Å². The van der Waals surface area contributed by atoms with Crippen LogP contribution < -0.4 is 10.9 Å². The molecule has 0 aliphatic heterocycles. The lowest BCUT2D eigenvalue weighted by Crippen LogP contribution is -2.18. The summed E-state index contributed by atoms with van der Waals surface area (Å²) >= 11 is 0.652. The van der Waals surface area contributed by atoms with Crippen LogP contribution in [0.1, 0.15) is 21.1 Å². The molecule has 3 aromatic rings. The maximum absolute atomic E-state index is 12.8. The van der Waals surface area contributed by atoms with E-state index in [-0.39, 0.29) is 32.0 Å². The number of benzene rings is 1. The first kappa shape index (κ1) is 18.5. The molecule has 0 radical (unpaired) electrons. The van der Waals surface area contributed by atoms with Crippen LogP contribution in [0, 0.1) is 17.0 Å². The zero-order chi connectivity index (χ0) is 19.9. The van der Waals surface area contributed by atoms with E-state index in [2.05, 4.69) is 10.3 Å². The predicted molar refractivity (Wildman–Crippen MR) is 91.0 cm³/mol. The summed E-state index contributed by atoms with van der Waals surface area (Å²) in [5, 5.41) is 13.0. The number of nitro groups is 1. The summed E-state index contributed by atoms with van der Waals surface area (Å²) in [7, 11) is 0. The Labute approximate surface area is 151 Å². The maximum Gasteiger partial charge on any atom is 0.449 e. The van der Waals surface area contributed by atoms with Gasteiger partial charge in [-0.3, -0.25) is 19.7 Å². The van der Waals surface area contributed by atoms with E-state index < -0.39 is 28.4 Å². The molecule has 1 aromatic carbocycles. The van der Waals surface area contributed by atoms with Crippen molar-refractivity contribution in [2.45, 2.75) is 13.1 Å². The molecule has 0 aliphatic rings. The number of aromatic nitrogens is 2. The molecule has 2 aromatic heterocycles. The monoisotopic (exact) mass is 398 g/mol. The van der Waals surface area contributed by atoms with Crippen molar-refractivity contribution in [2.24, 2.45) is 0 Å². The highest BCUT2D eigenvalue weighted by Crippen LogP contribution is 2.31. The molecule has 1 amide bonds. The van der Waals surface area contributed by atoms with Crippen LogP contribution in [-0.2, 0) is 6.18 Å². The average molecular weight is 398 g/mol. The molecule has 0 saturated carbocycles. The maximum atomic E-state index is 12.8. The van der Waals surface area contributed by atoms with Gasteiger partial charge in [0.15, 0.2) is 0 Å². The van der Waals surface area contributed by atoms with Gasteiger partial charge in [-0.1, -0.05) is 0 Å². The zero-order valence-corrected chi connectivity index (χ0v) is 14.2. The number of hydrogen-bond donors (Lipinski definition) is 2. The highest BCUT2D eigenvalue weighted by Gasteiger charge is 2.35. The smallest absolute Gasteiger partial charge is 0.321 e.